The zero-order valence-corrected chi connectivity index (χ0v) is 73.8. The van der Waals surface area contributed by atoms with Crippen LogP contribution in [0.5, 0.6) is 0 Å². The summed E-state index contributed by atoms with van der Waals surface area (Å²) in [5.74, 6) is -15.8. The lowest BCUT2D eigenvalue weighted by Crippen LogP contribution is -2.71. The van der Waals surface area contributed by atoms with Gasteiger partial charge >= 0.3 is 11.9 Å². The monoisotopic (exact) mass is 2020 g/mol. The largest absolute Gasteiger partial charge is 0.477 e. The second kappa shape index (κ2) is 49.0. The summed E-state index contributed by atoms with van der Waals surface area (Å²) >= 11 is 0. The Labute approximate surface area is 779 Å². The van der Waals surface area contributed by atoms with Crippen LogP contribution >= 0.6 is 0 Å². The maximum Gasteiger partial charge on any atom is 0.364 e. The molecule has 36 N–H and O–H groups in total. The van der Waals surface area contributed by atoms with Gasteiger partial charge in [0.25, 0.3) is 11.6 Å². The third kappa shape index (κ3) is 25.0. The number of nitrogens with one attached hydrogen (secondary N) is 5. The topological polar surface area (TPSA) is 982 Å². The summed E-state index contributed by atoms with van der Waals surface area (Å²) in [6.45, 7) is -7.94. The van der Waals surface area contributed by atoms with Gasteiger partial charge in [-0.3, -0.25) is 24.0 Å². The first-order chi connectivity index (χ1) is 65.0. The van der Waals surface area contributed by atoms with E-state index in [-0.39, 0.29) is 0 Å². The smallest absolute Gasteiger partial charge is 0.364 e. The fraction of sp³-hybridized carbons (Fsp3) is 0.908. The number of carbonyl (C=O) groups excluding carboxylic acids is 5. The van der Waals surface area contributed by atoms with Crippen molar-refractivity contribution in [1.82, 2.24) is 26.6 Å². The molecule has 1 unspecified atom stereocenters. The lowest BCUT2D eigenvalue weighted by atomic mass is 9.88. The molecule has 0 aliphatic carbocycles. The first-order valence-corrected chi connectivity index (χ1v) is 43.4. The molecule has 10 aliphatic rings. The van der Waals surface area contributed by atoms with Gasteiger partial charge in [-0.15, -0.1) is 0 Å². The summed E-state index contributed by atoms with van der Waals surface area (Å²) in [5, 5.41) is 359. The number of hydrogen-bond donors (Lipinski definition) is 36. The molecule has 0 aromatic rings. The molecule has 10 saturated heterocycles. The zero-order chi connectivity index (χ0) is 102. The molecular weight excluding hydrogens is 1890 g/mol. The molecule has 52 atom stereocenters. The first kappa shape index (κ1) is 114. The van der Waals surface area contributed by atoms with Crippen LogP contribution in [0.3, 0.4) is 0 Å². The van der Waals surface area contributed by atoms with E-state index >= 15 is 0 Å². The Morgan fingerprint density at radius 1 is 0.297 bits per heavy atom. The van der Waals surface area contributed by atoms with Crippen molar-refractivity contribution < 1.29 is 282 Å². The van der Waals surface area contributed by atoms with Crippen molar-refractivity contribution in [2.45, 2.75) is 365 Å². The number of aliphatic hydroxyl groups is 29. The fourth-order valence-electron chi connectivity index (χ4n) is 17.7. The fourth-order valence-corrected chi connectivity index (χ4v) is 17.7. The highest BCUT2D eigenvalue weighted by Crippen LogP contribution is 2.44. The van der Waals surface area contributed by atoms with Crippen LogP contribution in [-0.4, -0.2) is 584 Å². The number of amides is 5. The quantitative estimate of drug-likeness (QED) is 0.0272. The number of hydrogen-bond acceptors (Lipinski definition) is 55. The number of ether oxygens (including phenoxy) is 19. The average Bonchev–Trinajstić information content (AvgIpc) is 0.752. The number of aliphatic hydroxyl groups excluding tert-OH is 29. The summed E-state index contributed by atoms with van der Waals surface area (Å²) < 4.78 is 112. The van der Waals surface area contributed by atoms with E-state index in [1.54, 1.807) is 0 Å². The number of carboxylic acids is 2. The number of carbonyl (C=O) groups is 7. The Hall–Kier alpha value is -5.63. The van der Waals surface area contributed by atoms with Gasteiger partial charge in [0.05, 0.1) is 90.4 Å². The van der Waals surface area contributed by atoms with Crippen LogP contribution in [0.1, 0.15) is 47.5 Å². The van der Waals surface area contributed by atoms with Gasteiger partial charge in [-0.1, -0.05) is 0 Å². The van der Waals surface area contributed by atoms with Crippen molar-refractivity contribution in [1.29, 1.82) is 0 Å². The Morgan fingerprint density at radius 2 is 0.572 bits per heavy atom. The van der Waals surface area contributed by atoms with Crippen LogP contribution in [0.2, 0.25) is 0 Å². The van der Waals surface area contributed by atoms with Crippen molar-refractivity contribution in [3.8, 4) is 0 Å². The minimum atomic E-state index is -3.33. The first-order valence-electron chi connectivity index (χ1n) is 43.4. The van der Waals surface area contributed by atoms with Gasteiger partial charge in [0, 0.05) is 47.5 Å². The van der Waals surface area contributed by atoms with Gasteiger partial charge < -0.3 is 275 Å². The Kier molecular flexibility index (Phi) is 40.6. The molecule has 10 rings (SSSR count). The van der Waals surface area contributed by atoms with E-state index in [0.29, 0.717) is 0 Å². The van der Waals surface area contributed by atoms with Crippen LogP contribution in [0, 0.1) is 0 Å². The molecule has 0 spiro atoms. The summed E-state index contributed by atoms with van der Waals surface area (Å²) in [5.41, 5.74) is 0. The van der Waals surface area contributed by atoms with Crippen LogP contribution in [0.4, 0.5) is 0 Å². The normalized spacial score (nSPS) is 46.2. The number of rotatable bonds is 39. The number of carboxylic acid groups (broad SMARTS) is 2. The molecule has 138 heavy (non-hydrogen) atoms. The third-order valence-corrected chi connectivity index (χ3v) is 24.8. The van der Waals surface area contributed by atoms with Gasteiger partial charge in [0.15, 0.2) is 50.3 Å². The second-order valence-corrected chi connectivity index (χ2v) is 34.6. The predicted octanol–water partition coefficient (Wildman–Crippen LogP) is -23.7. The van der Waals surface area contributed by atoms with E-state index < -0.39 is 438 Å². The van der Waals surface area contributed by atoms with Gasteiger partial charge in [0.1, 0.15) is 232 Å². The lowest BCUT2D eigenvalue weighted by Gasteiger charge is -2.51. The lowest BCUT2D eigenvalue weighted by molar-refractivity contribution is -0.400. The zero-order valence-electron chi connectivity index (χ0n) is 73.8. The summed E-state index contributed by atoms with van der Waals surface area (Å²) in [6, 6.07) is -9.64. The maximum absolute atomic E-state index is 13.3. The predicted molar refractivity (Wildman–Crippen MR) is 422 cm³/mol. The molecule has 0 bridgehead atoms. The molecule has 62 heteroatoms. The molecule has 0 saturated carbocycles. The van der Waals surface area contributed by atoms with Crippen molar-refractivity contribution in [2.24, 2.45) is 0 Å². The Balaban J connectivity index is 0.932. The standard InChI is InChI=1S/C76H125N5O57/c1-18(91)77-35-23(96)6-75(73(116)117,135-58(35)40(100)25(98)8-82)137-61-44(104)29(12-86)122-69(53(61)113)130-56-32(15-89)126-66(38(48(56)108)80-21(4)94)133-63-50(110)42(102)27(10-84)124-71(63)120-17-34-46(106)60(52(112)68(128-34)129-55-31(14-88)121-65(115)37(47(55)107)79-20(3)93)132-72-64(51(111)43(103)28(11-85)125-72)134-67-39(81-22(5)95)49(109)57(33(16-90)127-67)131-70-54(114)62(45(105)30(13-87)123-70)138-76(74(118)119)7-24(97)36(78-19(2)92)59(136-76)41(101)26(99)9-83/h23-72,82-90,96-115H,6-17H2,1-5H3,(H,77,91)(H,78,92)(H,79,93)(H,80,94)(H,81,95)(H,116,117)(H,118,119)/t23-,24-,25+,26+,27+,28+,29+,30+,31+,32+,33+,34+,35+,36+,37+,38+,39+,40+,41+,42+,43+,44-,45-,46+,47+,48+,49+,50-,51-,52-,53+,54+,55+,56+,57+,58+,59+,60-,61-,62-,63-,64-,65?,66-,67-,68+,69-,70-,71+,72-,75-,76-/m0/s1. The molecule has 10 heterocycles. The summed E-state index contributed by atoms with van der Waals surface area (Å²) in [6.07, 6.45) is -105. The van der Waals surface area contributed by atoms with Crippen molar-refractivity contribution >= 4 is 41.5 Å². The minimum absolute atomic E-state index is 0.846. The molecule has 0 aromatic carbocycles. The summed E-state index contributed by atoms with van der Waals surface area (Å²) in [4.78, 5) is 90.0. The number of aliphatic carboxylic acids is 2. The van der Waals surface area contributed by atoms with Gasteiger partial charge in [0.2, 0.25) is 29.5 Å². The Bertz CT molecular complexity index is 3930. The maximum atomic E-state index is 13.3. The molecule has 10 fully saturated rings. The van der Waals surface area contributed by atoms with Crippen LogP contribution in [0.15, 0.2) is 0 Å². The average molecular weight is 2020 g/mol. The van der Waals surface area contributed by atoms with E-state index in [0.717, 1.165) is 34.6 Å². The second-order valence-electron chi connectivity index (χ2n) is 34.6. The van der Waals surface area contributed by atoms with Gasteiger partial charge in [-0.25, -0.2) is 9.59 Å². The molecule has 0 aromatic heterocycles. The molecule has 10 aliphatic heterocycles. The van der Waals surface area contributed by atoms with Crippen molar-refractivity contribution in [3.05, 3.63) is 0 Å². The molecule has 796 valence electrons. The van der Waals surface area contributed by atoms with Gasteiger partial charge in [-0.05, 0) is 0 Å². The van der Waals surface area contributed by atoms with Crippen LogP contribution < -0.4 is 26.6 Å². The van der Waals surface area contributed by atoms with E-state index in [9.17, 15) is 192 Å². The van der Waals surface area contributed by atoms with Crippen molar-refractivity contribution in [2.75, 3.05) is 66.1 Å². The van der Waals surface area contributed by atoms with Crippen molar-refractivity contribution in [3.63, 3.8) is 0 Å². The Morgan fingerprint density at radius 3 is 0.920 bits per heavy atom. The van der Waals surface area contributed by atoms with Crippen LogP contribution in [0.25, 0.3) is 0 Å². The molecule has 0 radical (unpaired) electrons. The van der Waals surface area contributed by atoms with E-state index in [1.165, 1.54) is 0 Å². The highest BCUT2D eigenvalue weighted by atomic mass is 16.8. The highest BCUT2D eigenvalue weighted by molar-refractivity contribution is 5.78. The summed E-state index contributed by atoms with van der Waals surface area (Å²) in [7, 11) is 0. The van der Waals surface area contributed by atoms with E-state index in [1.807, 2.05) is 0 Å². The van der Waals surface area contributed by atoms with E-state index in [4.69, 9.17) is 90.0 Å². The SMILES string of the molecule is CC(=O)N[C@H]1[C@H](O[C@@H]2[C@H](OC[C@H]3O[C@H](O[C@H]4[C@H](O)[C@@H](NC(C)=O)C(O)O[C@@H]4CO)[C@@H](O)[C@@H](O[C@@H]4O[C@H](CO)[C@@H](O)[C@H](O)[C@@H]4O[C@@H]4O[C@H](CO)[C@@H](O[C@@H]5O[C@H](CO)[C@H](O)[C@H](O[C@]6(C(=O)O)C[C@H](O)[C@@H](NC(C)=O)[C@H]([C@H](O)[C@H](O)CO)O6)[C@H]5O)[C@H](O)[C@H]4NC(C)=O)[C@@H]3O)O[C@H](CO)[C@@H](O)[C@@H]2O)O[C@H](CO)[C@@H](O[C@@H]2O[C@H](CO)[C@H](O)[C@H](O[C@]3(C(=O)O)C[C@H](O)[C@@H](NC(C)=O)[C@H]([C@H](O)[C@H](O)CO)O3)[C@H]2O)[C@@H]1O. The molecular formula is C76H125N5O57. The minimum Gasteiger partial charge on any atom is -0.477 e. The molecule has 62 nitrogen and oxygen atoms in total. The van der Waals surface area contributed by atoms with E-state index in [2.05, 4.69) is 26.6 Å². The highest BCUT2D eigenvalue weighted by Gasteiger charge is 2.66. The molecule has 5 amide bonds. The van der Waals surface area contributed by atoms with Crippen LogP contribution in [-0.2, 0) is 124 Å². The third-order valence-electron chi connectivity index (χ3n) is 24.8. The van der Waals surface area contributed by atoms with Gasteiger partial charge in [-0.2, -0.15) is 0 Å².